The number of aromatic amines is 1. The van der Waals surface area contributed by atoms with Gasteiger partial charge in [-0.15, -0.1) is 0 Å². The van der Waals surface area contributed by atoms with Crippen molar-refractivity contribution in [2.24, 2.45) is 5.92 Å². The molecule has 0 radical (unpaired) electrons. The lowest BCUT2D eigenvalue weighted by atomic mass is 9.71. The summed E-state index contributed by atoms with van der Waals surface area (Å²) in [5.41, 5.74) is 2.66. The predicted molar refractivity (Wildman–Crippen MR) is 133 cm³/mol. The van der Waals surface area contributed by atoms with Crippen LogP contribution in [0.2, 0.25) is 0 Å². The van der Waals surface area contributed by atoms with Gasteiger partial charge in [-0.2, -0.15) is 0 Å². The molecule has 5 heteroatoms. The summed E-state index contributed by atoms with van der Waals surface area (Å²) in [5, 5.41) is 5.96. The molecule has 1 spiro atoms. The van der Waals surface area contributed by atoms with Crippen molar-refractivity contribution in [3.63, 3.8) is 0 Å². The second-order valence-electron chi connectivity index (χ2n) is 9.55. The second kappa shape index (κ2) is 8.73. The first-order valence-electron chi connectivity index (χ1n) is 12.2. The van der Waals surface area contributed by atoms with Crippen LogP contribution in [-0.4, -0.2) is 34.4 Å². The summed E-state index contributed by atoms with van der Waals surface area (Å²) in [6.07, 6.45) is 7.60. The molecule has 1 atom stereocenters. The molecule has 3 aromatic carbocycles. The van der Waals surface area contributed by atoms with Gasteiger partial charge in [0.2, 0.25) is 0 Å². The van der Waals surface area contributed by atoms with E-state index in [0.29, 0.717) is 6.42 Å². The normalized spacial score (nSPS) is 19.2. The van der Waals surface area contributed by atoms with Crippen LogP contribution in [0, 0.1) is 5.92 Å². The van der Waals surface area contributed by atoms with Crippen LogP contribution < -0.4 is 10.1 Å². The fraction of sp³-hybridized carbons (Fsp3) is 0.310. The molecule has 2 aliphatic rings. The van der Waals surface area contributed by atoms with Gasteiger partial charge in [0.05, 0.1) is 11.5 Å². The molecule has 1 unspecified atom stereocenters. The van der Waals surface area contributed by atoms with Gasteiger partial charge in [-0.05, 0) is 60.0 Å². The minimum atomic E-state index is -0.428. The summed E-state index contributed by atoms with van der Waals surface area (Å²) >= 11 is 0. The zero-order chi connectivity index (χ0) is 23.0. The van der Waals surface area contributed by atoms with Crippen LogP contribution in [0.3, 0.4) is 0 Å². The lowest BCUT2D eigenvalue weighted by Crippen LogP contribution is -2.56. The van der Waals surface area contributed by atoms with Gasteiger partial charge in [0, 0.05) is 31.7 Å². The highest BCUT2D eigenvalue weighted by Crippen LogP contribution is 2.44. The number of carbonyl (C=O) groups excluding carboxylic acids is 1. The summed E-state index contributed by atoms with van der Waals surface area (Å²) in [6.45, 7) is 1.76. The molecule has 2 N–H and O–H groups in total. The van der Waals surface area contributed by atoms with Gasteiger partial charge in [-0.1, -0.05) is 48.5 Å². The highest BCUT2D eigenvalue weighted by atomic mass is 16.5. The fourth-order valence-corrected chi connectivity index (χ4v) is 5.78. The van der Waals surface area contributed by atoms with Crippen molar-refractivity contribution in [2.45, 2.75) is 37.7 Å². The minimum absolute atomic E-state index is 0.153. The van der Waals surface area contributed by atoms with Gasteiger partial charge >= 0.3 is 0 Å². The third-order valence-corrected chi connectivity index (χ3v) is 7.53. The van der Waals surface area contributed by atoms with Crippen molar-refractivity contribution in [2.75, 3.05) is 13.1 Å². The van der Waals surface area contributed by atoms with E-state index in [9.17, 15) is 4.79 Å². The van der Waals surface area contributed by atoms with E-state index in [2.05, 4.69) is 63.8 Å². The van der Waals surface area contributed by atoms with Gasteiger partial charge in [0.25, 0.3) is 0 Å². The molecule has 172 valence electrons. The van der Waals surface area contributed by atoms with Crippen LogP contribution in [0.4, 0.5) is 0 Å². The van der Waals surface area contributed by atoms with Crippen molar-refractivity contribution < 1.29 is 9.53 Å². The summed E-state index contributed by atoms with van der Waals surface area (Å²) in [5.74, 6) is 1.70. The molecule has 2 aliphatic heterocycles. The SMILES string of the molecule is O=C1c2cc(Cc3ncc[nH]3)ccc2OC2(CCNCC2)C1CCc1cccc2ccccc12. The molecule has 1 saturated heterocycles. The standard InChI is InChI=1S/C29H29N3O2/c33-28-24-18-20(19-27-31-16-17-32-27)8-11-26(24)34-29(12-14-30-15-13-29)25(28)10-9-22-6-3-5-21-4-1-2-7-23(21)22/h1-8,11,16-18,25,30H,9-10,12-15,19H2,(H,31,32). The van der Waals surface area contributed by atoms with Crippen molar-refractivity contribution in [3.8, 4) is 5.75 Å². The topological polar surface area (TPSA) is 67.0 Å². The Labute approximate surface area is 199 Å². The van der Waals surface area contributed by atoms with E-state index in [1.165, 1.54) is 16.3 Å². The Kier molecular flexibility index (Phi) is 5.42. The van der Waals surface area contributed by atoms with E-state index < -0.39 is 5.60 Å². The molecular weight excluding hydrogens is 422 g/mol. The van der Waals surface area contributed by atoms with E-state index >= 15 is 0 Å². The van der Waals surface area contributed by atoms with Crippen LogP contribution in [0.15, 0.2) is 73.1 Å². The molecule has 1 fully saturated rings. The van der Waals surface area contributed by atoms with Crippen molar-refractivity contribution >= 4 is 16.6 Å². The molecule has 1 aromatic heterocycles. The van der Waals surface area contributed by atoms with Crippen LogP contribution in [0.1, 0.15) is 46.6 Å². The molecule has 0 aliphatic carbocycles. The highest BCUT2D eigenvalue weighted by molar-refractivity contribution is 6.02. The zero-order valence-electron chi connectivity index (χ0n) is 19.2. The number of fused-ring (bicyclic) bond motifs is 2. The molecule has 3 heterocycles. The molecule has 0 saturated carbocycles. The maximum absolute atomic E-state index is 14.0. The number of imidazole rings is 1. The Balaban J connectivity index is 1.32. The van der Waals surface area contributed by atoms with Crippen LogP contribution in [0.25, 0.3) is 10.8 Å². The first kappa shape index (κ1) is 21.1. The fourth-order valence-electron chi connectivity index (χ4n) is 5.78. The number of hydrogen-bond donors (Lipinski definition) is 2. The smallest absolute Gasteiger partial charge is 0.173 e. The number of aryl methyl sites for hydroxylation is 1. The quantitative estimate of drug-likeness (QED) is 0.443. The third-order valence-electron chi connectivity index (χ3n) is 7.53. The predicted octanol–water partition coefficient (Wildman–Crippen LogP) is 5.10. The number of carbonyl (C=O) groups is 1. The van der Waals surface area contributed by atoms with E-state index in [0.717, 1.165) is 61.5 Å². The average molecular weight is 452 g/mol. The number of H-pyrrole nitrogens is 1. The van der Waals surface area contributed by atoms with Gasteiger partial charge in [-0.3, -0.25) is 4.79 Å². The molecule has 0 amide bonds. The Hall–Kier alpha value is -3.44. The van der Waals surface area contributed by atoms with E-state index in [1.54, 1.807) is 6.20 Å². The van der Waals surface area contributed by atoms with E-state index in [-0.39, 0.29) is 11.7 Å². The minimum Gasteiger partial charge on any atom is -0.486 e. The number of Topliss-reactive ketones (excluding diaryl/α,β-unsaturated/α-hetero) is 1. The summed E-state index contributed by atoms with van der Waals surface area (Å²) in [4.78, 5) is 21.5. The van der Waals surface area contributed by atoms with Gasteiger partial charge in [-0.25, -0.2) is 4.98 Å². The first-order chi connectivity index (χ1) is 16.7. The molecule has 34 heavy (non-hydrogen) atoms. The average Bonchev–Trinajstić information content (AvgIpc) is 3.38. The number of nitrogens with one attached hydrogen (secondary N) is 2. The summed E-state index contributed by atoms with van der Waals surface area (Å²) in [7, 11) is 0. The monoisotopic (exact) mass is 451 g/mol. The molecule has 4 aromatic rings. The largest absolute Gasteiger partial charge is 0.486 e. The second-order valence-corrected chi connectivity index (χ2v) is 9.55. The van der Waals surface area contributed by atoms with Crippen LogP contribution >= 0.6 is 0 Å². The number of benzene rings is 3. The number of nitrogens with zero attached hydrogens (tertiary/aromatic N) is 1. The molecular formula is C29H29N3O2. The Bertz CT molecular complexity index is 1320. The number of ether oxygens (including phenoxy) is 1. The number of rotatable bonds is 5. The highest BCUT2D eigenvalue weighted by Gasteiger charge is 2.49. The van der Waals surface area contributed by atoms with Crippen molar-refractivity contribution in [1.82, 2.24) is 15.3 Å². The van der Waals surface area contributed by atoms with E-state index in [4.69, 9.17) is 4.74 Å². The number of aromatic nitrogens is 2. The summed E-state index contributed by atoms with van der Waals surface area (Å²) < 4.78 is 6.73. The third kappa shape index (κ3) is 3.80. The lowest BCUT2D eigenvalue weighted by Gasteiger charge is -2.46. The molecule has 6 rings (SSSR count). The molecule has 0 bridgehead atoms. The molecule has 5 nitrogen and oxygen atoms in total. The van der Waals surface area contributed by atoms with Crippen molar-refractivity contribution in [3.05, 3.63) is 95.6 Å². The number of hydrogen-bond acceptors (Lipinski definition) is 4. The van der Waals surface area contributed by atoms with Gasteiger partial charge in [0.1, 0.15) is 17.2 Å². The first-order valence-corrected chi connectivity index (χ1v) is 12.2. The van der Waals surface area contributed by atoms with E-state index in [1.807, 2.05) is 18.3 Å². The van der Waals surface area contributed by atoms with Crippen LogP contribution in [-0.2, 0) is 12.8 Å². The maximum Gasteiger partial charge on any atom is 0.173 e. The van der Waals surface area contributed by atoms with Crippen molar-refractivity contribution in [1.29, 1.82) is 0 Å². The lowest BCUT2D eigenvalue weighted by molar-refractivity contribution is -0.0233. The Morgan fingerprint density at radius 2 is 1.88 bits per heavy atom. The summed E-state index contributed by atoms with van der Waals surface area (Å²) in [6, 6.07) is 21.0. The number of piperidine rings is 1. The number of ketones is 1. The van der Waals surface area contributed by atoms with Crippen LogP contribution in [0.5, 0.6) is 5.75 Å². The van der Waals surface area contributed by atoms with Gasteiger partial charge in [0.15, 0.2) is 5.78 Å². The Morgan fingerprint density at radius 3 is 2.74 bits per heavy atom. The van der Waals surface area contributed by atoms with Gasteiger partial charge < -0.3 is 15.0 Å². The maximum atomic E-state index is 14.0. The Morgan fingerprint density at radius 1 is 1.03 bits per heavy atom. The zero-order valence-corrected chi connectivity index (χ0v) is 19.2.